The van der Waals surface area contributed by atoms with Crippen LogP contribution >= 0.6 is 0 Å². The summed E-state index contributed by atoms with van der Waals surface area (Å²) in [6, 6.07) is 4.03. The average Bonchev–Trinajstić information content (AvgIpc) is 3.15. The van der Waals surface area contributed by atoms with Gasteiger partial charge in [-0.15, -0.1) is 0 Å². The van der Waals surface area contributed by atoms with Crippen molar-refractivity contribution in [3.05, 3.63) is 29.8 Å². The van der Waals surface area contributed by atoms with Crippen LogP contribution in [0.2, 0.25) is 0 Å². The lowest BCUT2D eigenvalue weighted by molar-refractivity contribution is -0.142. The zero-order valence-electron chi connectivity index (χ0n) is 32.2. The van der Waals surface area contributed by atoms with Crippen molar-refractivity contribution in [2.45, 2.75) is 147 Å². The van der Waals surface area contributed by atoms with E-state index in [0.717, 1.165) is 57.8 Å². The molecule has 54 heavy (non-hydrogen) atoms. The zero-order chi connectivity index (χ0) is 40.0. The molecule has 0 heterocycles. The average molecular weight is 763 g/mol. The van der Waals surface area contributed by atoms with Crippen LogP contribution in [0.1, 0.15) is 139 Å². The Balaban J connectivity index is 2.03. The molecular formula is C39H66N6O9. The molecule has 10 N–H and O–H groups in total. The number of carboxylic acids is 2. The Hall–Kier alpha value is -4.24. The highest BCUT2D eigenvalue weighted by atomic mass is 16.5. The molecule has 15 heteroatoms. The molecule has 0 saturated carbocycles. The Morgan fingerprint density at radius 1 is 0.611 bits per heavy atom. The largest absolute Gasteiger partial charge is 0.494 e. The van der Waals surface area contributed by atoms with Crippen molar-refractivity contribution in [3.8, 4) is 5.75 Å². The van der Waals surface area contributed by atoms with Crippen molar-refractivity contribution in [2.75, 3.05) is 26.2 Å². The van der Waals surface area contributed by atoms with Crippen LogP contribution in [0.4, 0.5) is 0 Å². The summed E-state index contributed by atoms with van der Waals surface area (Å²) in [5, 5.41) is 29.3. The van der Waals surface area contributed by atoms with E-state index in [1.807, 2.05) is 6.92 Å². The highest BCUT2D eigenvalue weighted by molar-refractivity contribution is 5.87. The molecular weight excluding hydrogens is 696 g/mol. The Morgan fingerprint density at radius 2 is 1.13 bits per heavy atom. The van der Waals surface area contributed by atoms with E-state index < -0.39 is 30.1 Å². The monoisotopic (exact) mass is 762 g/mol. The van der Waals surface area contributed by atoms with Gasteiger partial charge in [-0.05, 0) is 88.5 Å². The molecule has 0 aliphatic heterocycles. The molecule has 0 radical (unpaired) electrons. The van der Waals surface area contributed by atoms with Crippen LogP contribution < -0.4 is 37.5 Å². The molecule has 0 aliphatic rings. The van der Waals surface area contributed by atoms with Gasteiger partial charge >= 0.3 is 11.9 Å². The van der Waals surface area contributed by atoms with Crippen molar-refractivity contribution >= 4 is 35.6 Å². The van der Waals surface area contributed by atoms with Gasteiger partial charge in [0.15, 0.2) is 0 Å². The van der Waals surface area contributed by atoms with Gasteiger partial charge in [0.25, 0.3) is 0 Å². The molecule has 1 rings (SSSR count). The second kappa shape index (κ2) is 30.1. The number of rotatable bonds is 33. The molecule has 15 nitrogen and oxygen atoms in total. The molecule has 0 bridgehead atoms. The van der Waals surface area contributed by atoms with Crippen LogP contribution in [0, 0.1) is 0 Å². The fourth-order valence-corrected chi connectivity index (χ4v) is 5.59. The lowest BCUT2D eigenvalue weighted by Crippen LogP contribution is -2.42. The first-order valence-corrected chi connectivity index (χ1v) is 19.8. The van der Waals surface area contributed by atoms with E-state index in [4.69, 9.17) is 21.3 Å². The highest BCUT2D eigenvalue weighted by Crippen LogP contribution is 2.14. The molecule has 1 aromatic carbocycles. The van der Waals surface area contributed by atoms with E-state index in [1.54, 1.807) is 12.1 Å². The van der Waals surface area contributed by atoms with Gasteiger partial charge in [-0.1, -0.05) is 51.9 Å². The minimum absolute atomic E-state index is 0.0119. The van der Waals surface area contributed by atoms with E-state index in [0.29, 0.717) is 76.9 Å². The number of carboxylic acid groups (broad SMARTS) is 2. The summed E-state index contributed by atoms with van der Waals surface area (Å²) in [7, 11) is 0. The minimum atomic E-state index is -1.18. The van der Waals surface area contributed by atoms with Crippen LogP contribution in [0.3, 0.4) is 0 Å². The maximum absolute atomic E-state index is 12.3. The van der Waals surface area contributed by atoms with Crippen LogP contribution in [0.15, 0.2) is 24.3 Å². The van der Waals surface area contributed by atoms with Crippen LogP contribution in [-0.4, -0.2) is 90.1 Å². The Kier molecular flexibility index (Phi) is 26.7. The number of ether oxygens (including phenoxy) is 1. The fraction of sp³-hybridized carbons (Fsp3) is 0.692. The normalized spacial score (nSPS) is 12.6. The van der Waals surface area contributed by atoms with Crippen LogP contribution in [-0.2, 0) is 24.0 Å². The summed E-state index contributed by atoms with van der Waals surface area (Å²) in [6.07, 6.45) is 13.6. The van der Waals surface area contributed by atoms with E-state index in [9.17, 15) is 33.9 Å². The molecule has 0 saturated heterocycles. The van der Waals surface area contributed by atoms with Gasteiger partial charge in [-0.2, -0.15) is 0 Å². The van der Waals surface area contributed by atoms with E-state index in [1.165, 1.54) is 12.1 Å². The maximum Gasteiger partial charge on any atom is 0.335 e. The third-order valence-electron chi connectivity index (χ3n) is 8.94. The van der Waals surface area contributed by atoms with Crippen molar-refractivity contribution in [2.24, 2.45) is 11.5 Å². The second-order valence-corrected chi connectivity index (χ2v) is 13.7. The van der Waals surface area contributed by atoms with Crippen LogP contribution in [0.25, 0.3) is 0 Å². The number of unbranched alkanes of at least 4 members (excludes halogenated alkanes) is 10. The van der Waals surface area contributed by atoms with Gasteiger partial charge in [-0.3, -0.25) is 19.2 Å². The van der Waals surface area contributed by atoms with Crippen molar-refractivity contribution in [1.82, 2.24) is 21.3 Å². The topological polar surface area (TPSA) is 252 Å². The van der Waals surface area contributed by atoms with Gasteiger partial charge < -0.3 is 47.7 Å². The summed E-state index contributed by atoms with van der Waals surface area (Å²) in [5.74, 6) is -2.52. The molecule has 0 aliphatic carbocycles. The van der Waals surface area contributed by atoms with Gasteiger partial charge in [0, 0.05) is 32.5 Å². The number of aliphatic carboxylic acids is 1. The van der Waals surface area contributed by atoms with Crippen molar-refractivity contribution < 1.29 is 43.7 Å². The summed E-state index contributed by atoms with van der Waals surface area (Å²) in [4.78, 5) is 71.2. The number of carbonyl (C=O) groups excluding carboxylic acids is 4. The first-order chi connectivity index (χ1) is 25.9. The summed E-state index contributed by atoms with van der Waals surface area (Å²) < 4.78 is 5.65. The molecule has 306 valence electrons. The minimum Gasteiger partial charge on any atom is -0.494 e. The number of amides is 4. The lowest BCUT2D eigenvalue weighted by Gasteiger charge is -2.15. The number of benzene rings is 1. The zero-order valence-corrected chi connectivity index (χ0v) is 32.2. The molecule has 0 fully saturated rings. The Labute approximate surface area is 320 Å². The van der Waals surface area contributed by atoms with Gasteiger partial charge in [0.05, 0.1) is 24.3 Å². The molecule has 1 aromatic rings. The van der Waals surface area contributed by atoms with Gasteiger partial charge in [0.1, 0.15) is 11.8 Å². The highest BCUT2D eigenvalue weighted by Gasteiger charge is 2.21. The first kappa shape index (κ1) is 47.8. The maximum atomic E-state index is 12.3. The second-order valence-electron chi connectivity index (χ2n) is 13.7. The number of aromatic carboxylic acids is 1. The van der Waals surface area contributed by atoms with Crippen LogP contribution in [0.5, 0.6) is 5.75 Å². The summed E-state index contributed by atoms with van der Waals surface area (Å²) >= 11 is 0. The smallest absolute Gasteiger partial charge is 0.335 e. The molecule has 0 aromatic heterocycles. The number of hydrogen-bond donors (Lipinski definition) is 8. The standard InChI is InChI=1S/C39H66N6O9/c1-2-25-43-36(48)31(40)17-12-14-27-44-37(49)32(41)16-11-13-26-42-34(46)24-23-33(39(52)53)45-35(47)18-10-8-6-4-3-5-7-9-15-28-54-30-21-19-29(20-22-30)38(50)51/h19-22,31-33H,2-18,23-28,40-41H2,1H3,(H,42,46)(H,43,48)(H,44,49)(H,45,47)(H,50,51)(H,52,53)/t31-,32-,33-/m0/s1. The lowest BCUT2D eigenvalue weighted by atomic mass is 10.1. The molecule has 3 atom stereocenters. The number of carbonyl (C=O) groups is 6. The third-order valence-corrected chi connectivity index (χ3v) is 8.94. The van der Waals surface area contributed by atoms with Crippen molar-refractivity contribution in [1.29, 1.82) is 0 Å². The van der Waals surface area contributed by atoms with E-state index >= 15 is 0 Å². The number of nitrogens with two attached hydrogens (primary N) is 2. The predicted molar refractivity (Wildman–Crippen MR) is 207 cm³/mol. The summed E-state index contributed by atoms with van der Waals surface area (Å²) in [6.45, 7) is 3.98. The third kappa shape index (κ3) is 24.1. The quantitative estimate of drug-likeness (QED) is 0.0479. The van der Waals surface area contributed by atoms with E-state index in [-0.39, 0.29) is 48.5 Å². The molecule has 4 amide bonds. The molecule has 0 unspecified atom stereocenters. The predicted octanol–water partition coefficient (Wildman–Crippen LogP) is 3.77. The van der Waals surface area contributed by atoms with Crippen molar-refractivity contribution in [3.63, 3.8) is 0 Å². The first-order valence-electron chi connectivity index (χ1n) is 19.8. The van der Waals surface area contributed by atoms with Gasteiger partial charge in [0.2, 0.25) is 23.6 Å². The summed E-state index contributed by atoms with van der Waals surface area (Å²) in [5.41, 5.74) is 12.1. The SMILES string of the molecule is CCCNC(=O)[C@@H](N)CCCCNC(=O)[C@@H](N)CCCCNC(=O)CC[C@H](NC(=O)CCCCCCCCCCCOc1ccc(C(=O)O)cc1)C(=O)O. The Morgan fingerprint density at radius 3 is 1.67 bits per heavy atom. The van der Waals surface area contributed by atoms with Gasteiger partial charge in [-0.25, -0.2) is 9.59 Å². The molecule has 0 spiro atoms. The number of hydrogen-bond acceptors (Lipinski definition) is 9. The van der Waals surface area contributed by atoms with E-state index in [2.05, 4.69) is 21.3 Å². The Bertz CT molecular complexity index is 1250. The fourth-order valence-electron chi connectivity index (χ4n) is 5.59. The number of nitrogens with one attached hydrogen (secondary N) is 4.